The van der Waals surface area contributed by atoms with Crippen molar-refractivity contribution >= 4 is 5.97 Å². The molecule has 1 aromatic heterocycles. The van der Waals surface area contributed by atoms with Crippen LogP contribution in [0.25, 0.3) is 0 Å². The summed E-state index contributed by atoms with van der Waals surface area (Å²) in [5, 5.41) is 8.40. The summed E-state index contributed by atoms with van der Waals surface area (Å²) < 4.78 is 17.8. The van der Waals surface area contributed by atoms with Crippen LogP contribution in [-0.2, 0) is 4.79 Å². The summed E-state index contributed by atoms with van der Waals surface area (Å²) in [5.74, 6) is -1.36. The second-order valence-corrected chi connectivity index (χ2v) is 2.32. The predicted molar refractivity (Wildman–Crippen MR) is 42.3 cm³/mol. The van der Waals surface area contributed by atoms with Crippen LogP contribution in [0.3, 0.4) is 0 Å². The fourth-order valence-electron chi connectivity index (χ4n) is 0.903. The van der Waals surface area contributed by atoms with Crippen LogP contribution >= 0.6 is 0 Å². The van der Waals surface area contributed by atoms with E-state index >= 15 is 0 Å². The van der Waals surface area contributed by atoms with Crippen molar-refractivity contribution in [2.45, 2.75) is 6.17 Å². The maximum atomic E-state index is 13.0. The minimum atomic E-state index is -2.09. The Balaban J connectivity index is 3.05. The van der Waals surface area contributed by atoms with E-state index in [-0.39, 0.29) is 11.3 Å². The molecular formula is C8H8FNO3. The first-order chi connectivity index (χ1) is 6.16. The zero-order chi connectivity index (χ0) is 9.84. The molecule has 13 heavy (non-hydrogen) atoms. The van der Waals surface area contributed by atoms with Crippen LogP contribution in [0.4, 0.5) is 4.39 Å². The van der Waals surface area contributed by atoms with Gasteiger partial charge in [0.15, 0.2) is 0 Å². The number of carboxylic acids is 1. The smallest absolute Gasteiger partial charge is 0.343 e. The van der Waals surface area contributed by atoms with E-state index in [0.29, 0.717) is 0 Å². The van der Waals surface area contributed by atoms with Gasteiger partial charge in [-0.3, -0.25) is 4.98 Å². The molecule has 1 heterocycles. The molecular weight excluding hydrogens is 177 g/mol. The number of ether oxygens (including phenoxy) is 1. The standard InChI is InChI=1S/C8H8FNO3/c1-13-6-2-3-10-4-5(6)7(9)8(11)12/h2-4,7H,1H3,(H,11,12). The number of rotatable bonds is 3. The Morgan fingerprint density at radius 2 is 2.46 bits per heavy atom. The number of methoxy groups -OCH3 is 1. The first-order valence-electron chi connectivity index (χ1n) is 3.51. The topological polar surface area (TPSA) is 59.4 Å². The lowest BCUT2D eigenvalue weighted by Gasteiger charge is -2.07. The molecule has 0 aliphatic heterocycles. The average Bonchev–Trinajstić information content (AvgIpc) is 2.16. The van der Waals surface area contributed by atoms with Crippen molar-refractivity contribution in [3.05, 3.63) is 24.0 Å². The number of nitrogens with zero attached hydrogens (tertiary/aromatic N) is 1. The number of alkyl halides is 1. The summed E-state index contributed by atoms with van der Waals surface area (Å²) in [7, 11) is 1.34. The molecule has 1 rings (SSSR count). The minimum Gasteiger partial charge on any atom is -0.496 e. The number of pyridine rings is 1. The fourth-order valence-corrected chi connectivity index (χ4v) is 0.903. The second-order valence-electron chi connectivity index (χ2n) is 2.32. The SMILES string of the molecule is COc1ccncc1C(F)C(=O)O. The van der Waals surface area contributed by atoms with Crippen molar-refractivity contribution in [3.8, 4) is 5.75 Å². The second kappa shape index (κ2) is 3.84. The van der Waals surface area contributed by atoms with E-state index in [1.165, 1.54) is 19.4 Å². The fraction of sp³-hybridized carbons (Fsp3) is 0.250. The third-order valence-electron chi connectivity index (χ3n) is 1.52. The summed E-state index contributed by atoms with van der Waals surface area (Å²) in [6.45, 7) is 0. The van der Waals surface area contributed by atoms with E-state index in [0.717, 1.165) is 6.20 Å². The molecule has 0 fully saturated rings. The molecule has 1 unspecified atom stereocenters. The Morgan fingerprint density at radius 1 is 1.77 bits per heavy atom. The molecule has 0 aliphatic carbocycles. The maximum Gasteiger partial charge on any atom is 0.343 e. The van der Waals surface area contributed by atoms with Crippen LogP contribution in [0, 0.1) is 0 Å². The largest absolute Gasteiger partial charge is 0.496 e. The van der Waals surface area contributed by atoms with E-state index in [2.05, 4.69) is 4.98 Å². The monoisotopic (exact) mass is 185 g/mol. The van der Waals surface area contributed by atoms with Crippen molar-refractivity contribution in [1.29, 1.82) is 0 Å². The highest BCUT2D eigenvalue weighted by atomic mass is 19.1. The van der Waals surface area contributed by atoms with Gasteiger partial charge in [0.2, 0.25) is 6.17 Å². The van der Waals surface area contributed by atoms with E-state index < -0.39 is 12.1 Å². The van der Waals surface area contributed by atoms with Crippen LogP contribution in [0.1, 0.15) is 11.7 Å². The first kappa shape index (κ1) is 9.44. The summed E-state index contributed by atoms with van der Waals surface area (Å²) in [6, 6.07) is 1.41. The number of carbonyl (C=O) groups is 1. The number of halogens is 1. The van der Waals surface area contributed by atoms with Crippen molar-refractivity contribution < 1.29 is 19.0 Å². The molecule has 0 bridgehead atoms. The molecule has 0 saturated carbocycles. The van der Waals surface area contributed by atoms with E-state index in [1.807, 2.05) is 0 Å². The molecule has 0 spiro atoms. The van der Waals surface area contributed by atoms with Crippen molar-refractivity contribution in [2.75, 3.05) is 7.11 Å². The molecule has 1 atom stereocenters. The van der Waals surface area contributed by atoms with Gasteiger partial charge in [-0.2, -0.15) is 0 Å². The van der Waals surface area contributed by atoms with E-state index in [1.54, 1.807) is 0 Å². The van der Waals surface area contributed by atoms with Gasteiger partial charge in [-0.1, -0.05) is 0 Å². The Bertz CT molecular complexity index is 316. The summed E-state index contributed by atoms with van der Waals surface area (Å²) in [4.78, 5) is 13.9. The average molecular weight is 185 g/mol. The van der Waals surface area contributed by atoms with Gasteiger partial charge in [0.25, 0.3) is 0 Å². The third-order valence-corrected chi connectivity index (χ3v) is 1.52. The minimum absolute atomic E-state index is 0.0718. The molecule has 0 aromatic carbocycles. The zero-order valence-corrected chi connectivity index (χ0v) is 6.90. The lowest BCUT2D eigenvalue weighted by atomic mass is 10.1. The normalized spacial score (nSPS) is 12.2. The highest BCUT2D eigenvalue weighted by Gasteiger charge is 2.22. The lowest BCUT2D eigenvalue weighted by Crippen LogP contribution is -2.07. The van der Waals surface area contributed by atoms with Gasteiger partial charge in [0.1, 0.15) is 5.75 Å². The Hall–Kier alpha value is -1.65. The highest BCUT2D eigenvalue weighted by Crippen LogP contribution is 2.26. The zero-order valence-electron chi connectivity index (χ0n) is 6.90. The molecule has 0 aliphatic rings. The number of aromatic nitrogens is 1. The number of carboxylic acid groups (broad SMARTS) is 1. The van der Waals surface area contributed by atoms with Gasteiger partial charge in [0.05, 0.1) is 12.7 Å². The van der Waals surface area contributed by atoms with Gasteiger partial charge >= 0.3 is 5.97 Å². The van der Waals surface area contributed by atoms with Crippen LogP contribution in [0.15, 0.2) is 18.5 Å². The molecule has 4 nitrogen and oxygen atoms in total. The molecule has 5 heteroatoms. The van der Waals surface area contributed by atoms with Crippen molar-refractivity contribution in [2.24, 2.45) is 0 Å². The Labute approximate surface area is 74.0 Å². The van der Waals surface area contributed by atoms with Crippen molar-refractivity contribution in [3.63, 3.8) is 0 Å². The Morgan fingerprint density at radius 3 is 3.00 bits per heavy atom. The summed E-state index contributed by atoms with van der Waals surface area (Å²) >= 11 is 0. The van der Waals surface area contributed by atoms with Gasteiger partial charge < -0.3 is 9.84 Å². The quantitative estimate of drug-likeness (QED) is 0.768. The highest BCUT2D eigenvalue weighted by molar-refractivity contribution is 5.75. The number of hydrogen-bond acceptors (Lipinski definition) is 3. The third kappa shape index (κ3) is 1.93. The van der Waals surface area contributed by atoms with E-state index in [4.69, 9.17) is 9.84 Å². The number of aliphatic carboxylic acids is 1. The number of hydrogen-bond donors (Lipinski definition) is 1. The molecule has 70 valence electrons. The van der Waals surface area contributed by atoms with Crippen molar-refractivity contribution in [1.82, 2.24) is 4.98 Å². The predicted octanol–water partition coefficient (Wildman–Crippen LogP) is 1.19. The van der Waals surface area contributed by atoms with Gasteiger partial charge in [-0.25, -0.2) is 9.18 Å². The van der Waals surface area contributed by atoms with E-state index in [9.17, 15) is 9.18 Å². The molecule has 1 N–H and O–H groups in total. The van der Waals surface area contributed by atoms with Gasteiger partial charge in [0, 0.05) is 12.4 Å². The summed E-state index contributed by atoms with van der Waals surface area (Å²) in [6.07, 6.45) is 0.442. The molecule has 0 amide bonds. The van der Waals surface area contributed by atoms with Crippen LogP contribution in [-0.4, -0.2) is 23.2 Å². The van der Waals surface area contributed by atoms with Gasteiger partial charge in [-0.05, 0) is 6.07 Å². The lowest BCUT2D eigenvalue weighted by molar-refractivity contribution is -0.143. The summed E-state index contributed by atoms with van der Waals surface area (Å²) in [5.41, 5.74) is -0.0718. The van der Waals surface area contributed by atoms with Crippen LogP contribution in [0.2, 0.25) is 0 Å². The molecule has 0 radical (unpaired) electrons. The first-order valence-corrected chi connectivity index (χ1v) is 3.51. The maximum absolute atomic E-state index is 13.0. The Kier molecular flexibility index (Phi) is 2.79. The van der Waals surface area contributed by atoms with Crippen LogP contribution < -0.4 is 4.74 Å². The van der Waals surface area contributed by atoms with Crippen LogP contribution in [0.5, 0.6) is 5.75 Å². The molecule has 0 saturated heterocycles. The van der Waals surface area contributed by atoms with Gasteiger partial charge in [-0.15, -0.1) is 0 Å². The molecule has 1 aromatic rings.